The smallest absolute Gasteiger partial charge is 0.308 e. The quantitative estimate of drug-likeness (QED) is 0.605. The lowest BCUT2D eigenvalue weighted by Crippen LogP contribution is -2.76. The highest BCUT2D eigenvalue weighted by atomic mass is 16.6. The molecule has 1 unspecified atom stereocenters. The molecule has 2 fully saturated rings. The summed E-state index contributed by atoms with van der Waals surface area (Å²) in [4.78, 5) is 26.4. The molecule has 1 N–H and O–H groups in total. The third-order valence-electron chi connectivity index (χ3n) is 6.76. The number of esters is 1. The van der Waals surface area contributed by atoms with E-state index in [-0.39, 0.29) is 11.8 Å². The molecule has 0 aromatic heterocycles. The molecule has 1 saturated carbocycles. The molecule has 4 aliphatic rings. The molecule has 132 valence electrons. The highest BCUT2D eigenvalue weighted by molar-refractivity contribution is 5.90. The average Bonchev–Trinajstić information content (AvgIpc) is 2.91. The van der Waals surface area contributed by atoms with Crippen LogP contribution in [-0.2, 0) is 21.4 Å². The molecule has 1 saturated heterocycles. The van der Waals surface area contributed by atoms with E-state index >= 15 is 0 Å². The van der Waals surface area contributed by atoms with Crippen molar-refractivity contribution in [3.05, 3.63) is 23.3 Å². The van der Waals surface area contributed by atoms with Gasteiger partial charge in [-0.3, -0.25) is 9.59 Å². The zero-order valence-corrected chi connectivity index (χ0v) is 14.4. The number of likely N-dealkylation sites (tertiary alicyclic amines) is 1. The lowest BCUT2D eigenvalue weighted by atomic mass is 9.49. The standard InChI is InChI=1S/C19H21NO5/c1-10(21)24-13-4-3-11-9-14-19(23)6-5-12(22)17-18(19,7-8-20(14)2)15(11)16(13)25-17/h3-4,14,17,23H,5-9H2,1-2H3/t14-,17+,18?,19-/m1/s1. The van der Waals surface area contributed by atoms with Gasteiger partial charge in [0.2, 0.25) is 0 Å². The maximum Gasteiger partial charge on any atom is 0.308 e. The summed E-state index contributed by atoms with van der Waals surface area (Å²) in [5.41, 5.74) is 0.269. The first-order valence-corrected chi connectivity index (χ1v) is 8.85. The number of hydrogen-bond acceptors (Lipinski definition) is 6. The van der Waals surface area contributed by atoms with Crippen LogP contribution in [0.3, 0.4) is 0 Å². The van der Waals surface area contributed by atoms with Crippen LogP contribution in [0.25, 0.3) is 0 Å². The molecule has 2 bridgehead atoms. The lowest BCUT2D eigenvalue weighted by Gasteiger charge is -2.61. The molecule has 0 radical (unpaired) electrons. The van der Waals surface area contributed by atoms with E-state index in [0.717, 1.165) is 17.7 Å². The Balaban J connectivity index is 1.80. The molecule has 6 nitrogen and oxygen atoms in total. The lowest BCUT2D eigenvalue weighted by molar-refractivity contribution is -0.185. The third-order valence-corrected chi connectivity index (χ3v) is 6.76. The molecule has 1 aromatic carbocycles. The number of hydrogen-bond donors (Lipinski definition) is 1. The van der Waals surface area contributed by atoms with E-state index in [2.05, 4.69) is 4.90 Å². The number of rotatable bonds is 1. The van der Waals surface area contributed by atoms with Crippen molar-refractivity contribution in [1.82, 2.24) is 4.90 Å². The van der Waals surface area contributed by atoms with E-state index in [9.17, 15) is 14.7 Å². The normalized spacial score (nSPS) is 38.1. The van der Waals surface area contributed by atoms with Crippen molar-refractivity contribution < 1.29 is 24.2 Å². The van der Waals surface area contributed by atoms with E-state index in [1.165, 1.54) is 6.92 Å². The number of likely N-dealkylation sites (N-methyl/N-ethyl adjacent to an activating group) is 1. The van der Waals surface area contributed by atoms with Gasteiger partial charge in [0.1, 0.15) is 0 Å². The number of Topliss-reactive ketones (excluding diaryl/α,β-unsaturated/α-hetero) is 1. The molecule has 6 heteroatoms. The number of piperidine rings is 1. The summed E-state index contributed by atoms with van der Waals surface area (Å²) in [6.07, 6.45) is 1.46. The van der Waals surface area contributed by atoms with E-state index in [0.29, 0.717) is 37.2 Å². The average molecular weight is 343 g/mol. The predicted octanol–water partition coefficient (Wildman–Crippen LogP) is 0.965. The first kappa shape index (κ1) is 15.3. The Bertz CT molecular complexity index is 820. The number of nitrogens with zero attached hydrogens (tertiary/aromatic N) is 1. The van der Waals surface area contributed by atoms with Gasteiger partial charge in [0.25, 0.3) is 0 Å². The Hall–Kier alpha value is -1.92. The number of aliphatic hydroxyl groups is 1. The Morgan fingerprint density at radius 1 is 1.40 bits per heavy atom. The Morgan fingerprint density at radius 2 is 2.20 bits per heavy atom. The molecular formula is C19H21NO5. The largest absolute Gasteiger partial charge is 0.477 e. The van der Waals surface area contributed by atoms with Gasteiger partial charge in [0.15, 0.2) is 23.4 Å². The van der Waals surface area contributed by atoms with Gasteiger partial charge in [0, 0.05) is 24.9 Å². The second kappa shape index (κ2) is 4.62. The van der Waals surface area contributed by atoms with E-state index in [1.54, 1.807) is 6.07 Å². The van der Waals surface area contributed by atoms with Crippen LogP contribution < -0.4 is 9.47 Å². The van der Waals surface area contributed by atoms with E-state index in [4.69, 9.17) is 9.47 Å². The van der Waals surface area contributed by atoms with E-state index < -0.39 is 23.1 Å². The monoisotopic (exact) mass is 343 g/mol. The second-order valence-electron chi connectivity index (χ2n) is 7.83. The van der Waals surface area contributed by atoms with Crippen LogP contribution in [0.15, 0.2) is 12.1 Å². The van der Waals surface area contributed by atoms with Gasteiger partial charge >= 0.3 is 5.97 Å². The summed E-state index contributed by atoms with van der Waals surface area (Å²) < 4.78 is 11.5. The number of ether oxygens (including phenoxy) is 2. The summed E-state index contributed by atoms with van der Waals surface area (Å²) in [5.74, 6) is 0.438. The maximum atomic E-state index is 12.7. The summed E-state index contributed by atoms with van der Waals surface area (Å²) in [6.45, 7) is 2.15. The zero-order valence-electron chi connectivity index (χ0n) is 14.4. The fourth-order valence-corrected chi connectivity index (χ4v) is 5.76. The summed E-state index contributed by atoms with van der Waals surface area (Å²) in [6, 6.07) is 3.67. The summed E-state index contributed by atoms with van der Waals surface area (Å²) in [5, 5.41) is 11.8. The van der Waals surface area contributed by atoms with Crippen molar-refractivity contribution in [3.8, 4) is 11.5 Å². The maximum absolute atomic E-state index is 12.7. The van der Waals surface area contributed by atoms with Gasteiger partial charge in [-0.05, 0) is 44.5 Å². The molecule has 2 aliphatic heterocycles. The van der Waals surface area contributed by atoms with Crippen LogP contribution in [0.2, 0.25) is 0 Å². The van der Waals surface area contributed by atoms with Gasteiger partial charge in [-0.1, -0.05) is 6.07 Å². The van der Waals surface area contributed by atoms with Crippen LogP contribution in [0, 0.1) is 0 Å². The Kier molecular flexibility index (Phi) is 2.84. The van der Waals surface area contributed by atoms with Gasteiger partial charge in [0.05, 0.1) is 11.0 Å². The molecule has 25 heavy (non-hydrogen) atoms. The van der Waals surface area contributed by atoms with Crippen LogP contribution in [-0.4, -0.2) is 53.1 Å². The number of benzene rings is 1. The molecule has 4 atom stereocenters. The van der Waals surface area contributed by atoms with Crippen LogP contribution in [0.1, 0.15) is 37.3 Å². The first-order chi connectivity index (χ1) is 11.9. The number of ketones is 1. The topological polar surface area (TPSA) is 76.1 Å². The molecule has 5 rings (SSSR count). The van der Waals surface area contributed by atoms with Crippen molar-refractivity contribution in [2.75, 3.05) is 13.6 Å². The fourth-order valence-electron chi connectivity index (χ4n) is 5.76. The van der Waals surface area contributed by atoms with Crippen molar-refractivity contribution in [2.45, 2.75) is 55.8 Å². The second-order valence-corrected chi connectivity index (χ2v) is 7.83. The van der Waals surface area contributed by atoms with Gasteiger partial charge in [-0.15, -0.1) is 0 Å². The van der Waals surface area contributed by atoms with Gasteiger partial charge in [-0.25, -0.2) is 0 Å². The molecule has 1 spiro atoms. The number of carbonyl (C=O) groups is 2. The summed E-state index contributed by atoms with van der Waals surface area (Å²) in [7, 11) is 2.04. The molecular weight excluding hydrogens is 322 g/mol. The van der Waals surface area contributed by atoms with Gasteiger partial charge < -0.3 is 19.5 Å². The van der Waals surface area contributed by atoms with Gasteiger partial charge in [-0.2, -0.15) is 0 Å². The fraction of sp³-hybridized carbons (Fsp3) is 0.579. The van der Waals surface area contributed by atoms with Crippen molar-refractivity contribution >= 4 is 11.8 Å². The minimum atomic E-state index is -0.994. The van der Waals surface area contributed by atoms with Crippen LogP contribution in [0.5, 0.6) is 11.5 Å². The number of carbonyl (C=O) groups excluding carboxylic acids is 2. The summed E-state index contributed by atoms with van der Waals surface area (Å²) >= 11 is 0. The SMILES string of the molecule is CC(=O)Oc1ccc2c3c1O[C@H]1C(=O)CC[C@@]4(O)[C@@H](C2)N(C)CCC314. The van der Waals surface area contributed by atoms with Crippen LogP contribution >= 0.6 is 0 Å². The van der Waals surface area contributed by atoms with Crippen LogP contribution in [0.4, 0.5) is 0 Å². The third kappa shape index (κ3) is 1.62. The molecule has 2 heterocycles. The Morgan fingerprint density at radius 3 is 2.96 bits per heavy atom. The minimum Gasteiger partial charge on any atom is -0.477 e. The molecule has 1 aromatic rings. The molecule has 0 amide bonds. The molecule has 2 aliphatic carbocycles. The van der Waals surface area contributed by atoms with Crippen molar-refractivity contribution in [2.24, 2.45) is 0 Å². The predicted molar refractivity (Wildman–Crippen MR) is 87.8 cm³/mol. The minimum absolute atomic E-state index is 0.0292. The van der Waals surface area contributed by atoms with E-state index in [1.807, 2.05) is 13.1 Å². The highest BCUT2D eigenvalue weighted by Gasteiger charge is 2.72. The van der Waals surface area contributed by atoms with Crippen molar-refractivity contribution in [1.29, 1.82) is 0 Å². The first-order valence-electron chi connectivity index (χ1n) is 8.85. The van der Waals surface area contributed by atoms with Crippen molar-refractivity contribution in [3.63, 3.8) is 0 Å². The Labute approximate surface area is 145 Å². The highest BCUT2D eigenvalue weighted by Crippen LogP contribution is 2.64. The zero-order chi connectivity index (χ0) is 17.6.